The van der Waals surface area contributed by atoms with E-state index in [2.05, 4.69) is 30.1 Å². The molecule has 1 atom stereocenters. The zero-order valence-corrected chi connectivity index (χ0v) is 10.5. The van der Waals surface area contributed by atoms with Crippen molar-refractivity contribution < 1.29 is 4.42 Å². The third kappa shape index (κ3) is 2.02. The van der Waals surface area contributed by atoms with Crippen LogP contribution >= 0.6 is 0 Å². The minimum atomic E-state index is 0.134. The molecular weight excluding hydrogens is 200 g/mol. The molecule has 0 bridgehead atoms. The van der Waals surface area contributed by atoms with Crippen molar-refractivity contribution in [2.75, 3.05) is 20.1 Å². The normalized spacial score (nSPS) is 20.2. The fourth-order valence-corrected chi connectivity index (χ4v) is 2.84. The molecule has 0 amide bonds. The minimum Gasteiger partial charge on any atom is -0.472 e. The molecule has 2 heterocycles. The van der Waals surface area contributed by atoms with Crippen LogP contribution in [0.4, 0.5) is 0 Å². The van der Waals surface area contributed by atoms with Gasteiger partial charge in [0.15, 0.2) is 0 Å². The Labute approximate surface area is 97.8 Å². The quantitative estimate of drug-likeness (QED) is 0.848. The van der Waals surface area contributed by atoms with Crippen molar-refractivity contribution in [3.8, 4) is 0 Å². The highest BCUT2D eigenvalue weighted by molar-refractivity contribution is 5.17. The lowest BCUT2D eigenvalue weighted by atomic mass is 9.88. The van der Waals surface area contributed by atoms with E-state index in [0.717, 1.165) is 0 Å². The molecule has 90 valence electrons. The van der Waals surface area contributed by atoms with Crippen LogP contribution < -0.4 is 5.32 Å². The van der Waals surface area contributed by atoms with Gasteiger partial charge in [-0.1, -0.05) is 0 Å². The zero-order valence-electron chi connectivity index (χ0n) is 10.5. The van der Waals surface area contributed by atoms with Gasteiger partial charge in [0.2, 0.25) is 0 Å². The summed E-state index contributed by atoms with van der Waals surface area (Å²) in [6.45, 7) is 7.05. The summed E-state index contributed by atoms with van der Waals surface area (Å²) in [4.78, 5) is 2.57. The molecule has 1 fully saturated rings. The Morgan fingerprint density at radius 2 is 2.06 bits per heavy atom. The lowest BCUT2D eigenvalue weighted by molar-refractivity contribution is 0.110. The second-order valence-corrected chi connectivity index (χ2v) is 5.13. The van der Waals surface area contributed by atoms with Crippen LogP contribution in [0.25, 0.3) is 0 Å². The Bertz CT molecular complexity index is 313. The van der Waals surface area contributed by atoms with E-state index in [1.54, 1.807) is 6.26 Å². The molecule has 0 radical (unpaired) electrons. The van der Waals surface area contributed by atoms with Gasteiger partial charge in [-0.25, -0.2) is 0 Å². The molecular formula is C13H22N2O. The van der Waals surface area contributed by atoms with E-state index >= 15 is 0 Å². The van der Waals surface area contributed by atoms with Gasteiger partial charge < -0.3 is 9.73 Å². The number of rotatable bonds is 4. The summed E-state index contributed by atoms with van der Waals surface area (Å²) in [6.07, 6.45) is 6.25. The van der Waals surface area contributed by atoms with Crippen molar-refractivity contribution in [2.45, 2.75) is 38.3 Å². The summed E-state index contributed by atoms with van der Waals surface area (Å²) in [7, 11) is 2.02. The number of likely N-dealkylation sites (N-methyl/N-ethyl adjacent to an activating group) is 1. The predicted octanol–water partition coefficient (Wildman–Crippen LogP) is 2.41. The predicted molar refractivity (Wildman–Crippen MR) is 65.4 cm³/mol. The summed E-state index contributed by atoms with van der Waals surface area (Å²) in [5.74, 6) is 0. The van der Waals surface area contributed by atoms with Crippen molar-refractivity contribution in [1.82, 2.24) is 10.2 Å². The average Bonchev–Trinajstić information content (AvgIpc) is 2.91. The van der Waals surface area contributed by atoms with Crippen LogP contribution in [0.1, 0.15) is 38.3 Å². The van der Waals surface area contributed by atoms with Crippen molar-refractivity contribution in [3.05, 3.63) is 24.2 Å². The molecule has 0 spiro atoms. The van der Waals surface area contributed by atoms with E-state index in [0.29, 0.717) is 6.04 Å². The van der Waals surface area contributed by atoms with Crippen molar-refractivity contribution in [3.63, 3.8) is 0 Å². The summed E-state index contributed by atoms with van der Waals surface area (Å²) >= 11 is 0. The van der Waals surface area contributed by atoms with Crippen molar-refractivity contribution >= 4 is 0 Å². The summed E-state index contributed by atoms with van der Waals surface area (Å²) in [5.41, 5.74) is 1.37. The molecule has 1 unspecified atom stereocenters. The molecule has 1 aromatic heterocycles. The van der Waals surface area contributed by atoms with Gasteiger partial charge in [-0.15, -0.1) is 0 Å². The molecule has 0 aromatic carbocycles. The Morgan fingerprint density at radius 1 is 1.38 bits per heavy atom. The molecule has 1 N–H and O–H groups in total. The summed E-state index contributed by atoms with van der Waals surface area (Å²) in [5, 5.41) is 3.42. The molecule has 16 heavy (non-hydrogen) atoms. The molecule has 3 nitrogen and oxygen atoms in total. The van der Waals surface area contributed by atoms with E-state index in [4.69, 9.17) is 4.42 Å². The van der Waals surface area contributed by atoms with Gasteiger partial charge in [0.05, 0.1) is 18.6 Å². The van der Waals surface area contributed by atoms with Crippen LogP contribution in [0.5, 0.6) is 0 Å². The van der Waals surface area contributed by atoms with Gasteiger partial charge in [0.25, 0.3) is 0 Å². The monoisotopic (exact) mass is 222 g/mol. The number of nitrogens with zero attached hydrogens (tertiary/aromatic N) is 1. The van der Waals surface area contributed by atoms with Gasteiger partial charge in [-0.05, 0) is 52.9 Å². The molecule has 1 aromatic rings. The molecule has 0 aliphatic carbocycles. The highest BCUT2D eigenvalue weighted by Gasteiger charge is 2.37. The lowest BCUT2D eigenvalue weighted by Crippen LogP contribution is -2.50. The first kappa shape index (κ1) is 11.7. The van der Waals surface area contributed by atoms with Crippen LogP contribution in [0.3, 0.4) is 0 Å². The molecule has 1 saturated heterocycles. The molecule has 1 aliphatic rings. The Morgan fingerprint density at radius 3 is 2.56 bits per heavy atom. The van der Waals surface area contributed by atoms with E-state index in [9.17, 15) is 0 Å². The van der Waals surface area contributed by atoms with Gasteiger partial charge in [-0.2, -0.15) is 0 Å². The molecule has 1 aliphatic heterocycles. The van der Waals surface area contributed by atoms with Crippen molar-refractivity contribution in [1.29, 1.82) is 0 Å². The van der Waals surface area contributed by atoms with Crippen LogP contribution in [0.2, 0.25) is 0 Å². The third-order valence-electron chi connectivity index (χ3n) is 3.79. The van der Waals surface area contributed by atoms with E-state index < -0.39 is 0 Å². The maximum atomic E-state index is 5.20. The largest absolute Gasteiger partial charge is 0.472 e. The number of furan rings is 1. The number of likely N-dealkylation sites (tertiary alicyclic amines) is 1. The lowest BCUT2D eigenvalue weighted by Gasteiger charge is -2.41. The van der Waals surface area contributed by atoms with E-state index in [-0.39, 0.29) is 5.54 Å². The highest BCUT2D eigenvalue weighted by atomic mass is 16.3. The maximum Gasteiger partial charge on any atom is 0.0951 e. The molecule has 2 rings (SSSR count). The van der Waals surface area contributed by atoms with Crippen molar-refractivity contribution in [2.24, 2.45) is 0 Å². The van der Waals surface area contributed by atoms with Gasteiger partial charge in [-0.3, -0.25) is 4.90 Å². The average molecular weight is 222 g/mol. The fourth-order valence-electron chi connectivity index (χ4n) is 2.84. The van der Waals surface area contributed by atoms with E-state index in [1.807, 2.05) is 13.3 Å². The molecule has 0 saturated carbocycles. The zero-order chi connectivity index (χ0) is 11.6. The standard InChI is InChI=1S/C13H22N2O/c1-13(2,15-7-4-5-8-15)12(14-3)11-6-9-16-10-11/h6,9-10,12,14H,4-5,7-8H2,1-3H3. The first-order valence-electron chi connectivity index (χ1n) is 6.10. The van der Waals surface area contributed by atoms with Crippen LogP contribution in [0.15, 0.2) is 23.0 Å². The summed E-state index contributed by atoms with van der Waals surface area (Å²) in [6, 6.07) is 2.38. The van der Waals surface area contributed by atoms with Gasteiger partial charge in [0, 0.05) is 11.1 Å². The minimum absolute atomic E-state index is 0.134. The SMILES string of the molecule is CNC(c1ccoc1)C(C)(C)N1CCCC1. The summed E-state index contributed by atoms with van der Waals surface area (Å²) < 4.78 is 5.20. The third-order valence-corrected chi connectivity index (χ3v) is 3.79. The second kappa shape index (κ2) is 4.60. The van der Waals surface area contributed by atoms with Crippen LogP contribution in [0, 0.1) is 0 Å². The van der Waals surface area contributed by atoms with E-state index in [1.165, 1.54) is 31.5 Å². The fraction of sp³-hybridized carbons (Fsp3) is 0.692. The first-order valence-corrected chi connectivity index (χ1v) is 6.10. The van der Waals surface area contributed by atoms with Gasteiger partial charge in [0.1, 0.15) is 0 Å². The Kier molecular flexibility index (Phi) is 3.36. The van der Waals surface area contributed by atoms with Crippen LogP contribution in [-0.2, 0) is 0 Å². The van der Waals surface area contributed by atoms with Gasteiger partial charge >= 0.3 is 0 Å². The Hall–Kier alpha value is -0.800. The Balaban J connectivity index is 2.19. The second-order valence-electron chi connectivity index (χ2n) is 5.13. The maximum absolute atomic E-state index is 5.20. The van der Waals surface area contributed by atoms with Crippen LogP contribution in [-0.4, -0.2) is 30.6 Å². The molecule has 3 heteroatoms. The first-order chi connectivity index (χ1) is 7.66. The number of nitrogens with one attached hydrogen (secondary N) is 1. The number of hydrogen-bond donors (Lipinski definition) is 1. The smallest absolute Gasteiger partial charge is 0.0951 e. The number of hydrogen-bond acceptors (Lipinski definition) is 3. The topological polar surface area (TPSA) is 28.4 Å². The highest BCUT2D eigenvalue weighted by Crippen LogP contribution is 2.33.